The van der Waals surface area contributed by atoms with Gasteiger partial charge in [-0.05, 0) is 19.4 Å². The van der Waals surface area contributed by atoms with Crippen molar-refractivity contribution in [2.24, 2.45) is 5.92 Å². The van der Waals surface area contributed by atoms with Gasteiger partial charge in [0.15, 0.2) is 11.0 Å². The van der Waals surface area contributed by atoms with Gasteiger partial charge < -0.3 is 14.4 Å². The van der Waals surface area contributed by atoms with E-state index in [-0.39, 0.29) is 47.0 Å². The molecule has 32 heavy (non-hydrogen) atoms. The zero-order chi connectivity index (χ0) is 23.8. The van der Waals surface area contributed by atoms with Crippen molar-refractivity contribution in [3.8, 4) is 6.01 Å². The predicted molar refractivity (Wildman–Crippen MR) is 116 cm³/mol. The molecular formula is C21H23Cl2F2N5O2. The smallest absolute Gasteiger partial charge is 0.319 e. The maximum absolute atomic E-state index is 15.0. The molecule has 2 aromatic heterocycles. The normalized spacial score (nSPS) is 35.8. The lowest BCUT2D eigenvalue weighted by molar-refractivity contribution is 0.107. The van der Waals surface area contributed by atoms with E-state index in [1.54, 1.807) is 4.90 Å². The van der Waals surface area contributed by atoms with Gasteiger partial charge in [-0.25, -0.2) is 13.8 Å². The molecule has 3 aliphatic heterocycles. The Morgan fingerprint density at radius 2 is 2.25 bits per heavy atom. The Kier molecular flexibility index (Phi) is 4.56. The van der Waals surface area contributed by atoms with Crippen molar-refractivity contribution in [3.63, 3.8) is 0 Å². The zero-order valence-corrected chi connectivity index (χ0v) is 18.6. The molecule has 3 saturated heterocycles. The first kappa shape index (κ1) is 18.8. The summed E-state index contributed by atoms with van der Waals surface area (Å²) >= 11 is 12.4. The number of fused-ring (bicyclic) bond motifs is 3. The van der Waals surface area contributed by atoms with Crippen LogP contribution in [0.2, 0.25) is 5.15 Å². The van der Waals surface area contributed by atoms with Crippen molar-refractivity contribution in [1.82, 2.24) is 19.9 Å². The fourth-order valence-electron chi connectivity index (χ4n) is 5.35. The minimum Gasteiger partial charge on any atom is -0.461 e. The quantitative estimate of drug-likeness (QED) is 0.484. The minimum atomic E-state index is -2.30. The van der Waals surface area contributed by atoms with E-state index in [1.807, 2.05) is 4.90 Å². The average molecular weight is 488 g/mol. The first-order valence-electron chi connectivity index (χ1n) is 11.8. The Bertz CT molecular complexity index is 1150. The number of ether oxygens (including phenoxy) is 2. The molecule has 1 saturated carbocycles. The monoisotopic (exact) mass is 487 g/mol. The molecule has 6 rings (SSSR count). The third-order valence-corrected chi connectivity index (χ3v) is 7.83. The number of anilines is 1. The second kappa shape index (κ2) is 7.75. The first-order chi connectivity index (χ1) is 16.2. The molecular weight excluding hydrogens is 463 g/mol. The molecule has 0 bridgehead atoms. The van der Waals surface area contributed by atoms with Crippen molar-refractivity contribution >= 4 is 39.9 Å². The van der Waals surface area contributed by atoms with E-state index in [4.69, 9.17) is 35.4 Å². The van der Waals surface area contributed by atoms with Crippen LogP contribution in [0.1, 0.15) is 22.0 Å². The van der Waals surface area contributed by atoms with Crippen LogP contribution < -0.4 is 9.64 Å². The number of halogens is 4. The summed E-state index contributed by atoms with van der Waals surface area (Å²) in [6.07, 6.45) is 1.46. The van der Waals surface area contributed by atoms with Crippen molar-refractivity contribution in [2.45, 2.75) is 42.4 Å². The largest absolute Gasteiger partial charge is 0.461 e. The highest BCUT2D eigenvalue weighted by Gasteiger charge is 2.54. The van der Waals surface area contributed by atoms with Gasteiger partial charge in [0.05, 0.1) is 38.3 Å². The summed E-state index contributed by atoms with van der Waals surface area (Å²) < 4.78 is 58.3. The molecule has 172 valence electrons. The van der Waals surface area contributed by atoms with E-state index in [0.717, 1.165) is 6.42 Å². The van der Waals surface area contributed by atoms with Crippen LogP contribution in [0.4, 0.5) is 14.6 Å². The lowest BCUT2D eigenvalue weighted by atomic mass is 9.95. The molecule has 1 aliphatic carbocycles. The van der Waals surface area contributed by atoms with E-state index in [9.17, 15) is 4.39 Å². The van der Waals surface area contributed by atoms with Gasteiger partial charge in [-0.1, -0.05) is 11.6 Å². The van der Waals surface area contributed by atoms with Crippen LogP contribution >= 0.6 is 23.2 Å². The van der Waals surface area contributed by atoms with Gasteiger partial charge in [-0.3, -0.25) is 4.90 Å². The Labute approximate surface area is 196 Å². The van der Waals surface area contributed by atoms with Gasteiger partial charge in [0.1, 0.15) is 24.1 Å². The molecule has 4 fully saturated rings. The SMILES string of the molecule is [2H]C([2H])(Oc1nc(N2CCOC[C@H]3[C@H](Cl)[C@H]32)c2cnc(Cl)c(F)c2n1)[C@@]12CCCN1C[C@H](F)C2. The molecule has 0 N–H and O–H groups in total. The van der Waals surface area contributed by atoms with E-state index in [1.165, 1.54) is 6.20 Å². The fourth-order valence-corrected chi connectivity index (χ4v) is 5.95. The summed E-state index contributed by atoms with van der Waals surface area (Å²) in [4.78, 5) is 16.3. The zero-order valence-electron chi connectivity index (χ0n) is 19.1. The number of alkyl halides is 2. The van der Waals surface area contributed by atoms with E-state index in [0.29, 0.717) is 43.9 Å². The Balaban J connectivity index is 1.44. The van der Waals surface area contributed by atoms with Gasteiger partial charge >= 0.3 is 6.01 Å². The summed E-state index contributed by atoms with van der Waals surface area (Å²) in [5.41, 5.74) is -1.25. The maximum atomic E-state index is 15.0. The standard InChI is InChI=1S/C21H23Cl2F2N5O2/c22-14-13-9-31-5-4-30(17(13)14)19-12-7-26-18(23)15(25)16(12)27-20(28-19)32-10-21-2-1-3-29(21)8-11(24)6-21/h7,11,13-14,17H,1-6,8-10H2/t11-,13+,14+,17+,21+/m1/s1/i10D2. The average Bonchev–Trinajstić information content (AvgIpc) is 3.14. The molecule has 4 aliphatic rings. The van der Waals surface area contributed by atoms with Crippen molar-refractivity contribution < 1.29 is 21.0 Å². The number of hydrogen-bond donors (Lipinski definition) is 0. The van der Waals surface area contributed by atoms with E-state index >= 15 is 4.39 Å². The van der Waals surface area contributed by atoms with Gasteiger partial charge in [0.25, 0.3) is 0 Å². The number of rotatable bonds is 4. The molecule has 0 radical (unpaired) electrons. The topological polar surface area (TPSA) is 63.6 Å². The number of hydrogen-bond acceptors (Lipinski definition) is 7. The Hall–Kier alpha value is -1.55. The molecule has 11 heteroatoms. The van der Waals surface area contributed by atoms with Crippen LogP contribution in [0, 0.1) is 11.7 Å². The van der Waals surface area contributed by atoms with Gasteiger partial charge in [0, 0.05) is 31.6 Å². The molecule has 0 amide bonds. The molecule has 0 aromatic carbocycles. The third kappa shape index (κ3) is 3.31. The van der Waals surface area contributed by atoms with Gasteiger partial charge in [0.2, 0.25) is 0 Å². The van der Waals surface area contributed by atoms with Crippen LogP contribution in [0.5, 0.6) is 6.01 Å². The van der Waals surface area contributed by atoms with Crippen molar-refractivity contribution in [3.05, 3.63) is 17.2 Å². The fraction of sp³-hybridized carbons (Fsp3) is 0.667. The van der Waals surface area contributed by atoms with Crippen LogP contribution in [-0.2, 0) is 4.74 Å². The minimum absolute atomic E-state index is 0.0195. The summed E-state index contributed by atoms with van der Waals surface area (Å²) in [7, 11) is 0. The predicted octanol–water partition coefficient (Wildman–Crippen LogP) is 3.21. The Morgan fingerprint density at radius 3 is 3.12 bits per heavy atom. The highest BCUT2D eigenvalue weighted by atomic mass is 35.5. The second-order valence-electron chi connectivity index (χ2n) is 8.91. The van der Waals surface area contributed by atoms with Crippen LogP contribution in [-0.4, -0.2) is 82.4 Å². The number of pyridine rings is 1. The molecule has 2 aromatic rings. The molecule has 5 heterocycles. The summed E-state index contributed by atoms with van der Waals surface area (Å²) in [5, 5.41) is -0.199. The molecule has 0 unspecified atom stereocenters. The van der Waals surface area contributed by atoms with Gasteiger partial charge in [-0.2, -0.15) is 9.97 Å². The number of nitrogens with zero attached hydrogens (tertiary/aromatic N) is 5. The highest BCUT2D eigenvalue weighted by Crippen LogP contribution is 2.46. The summed E-state index contributed by atoms with van der Waals surface area (Å²) in [6.45, 7) is -0.145. The Morgan fingerprint density at radius 1 is 1.38 bits per heavy atom. The van der Waals surface area contributed by atoms with Gasteiger partial charge in [-0.15, -0.1) is 11.6 Å². The third-order valence-electron chi connectivity index (χ3n) is 6.99. The van der Waals surface area contributed by atoms with E-state index in [2.05, 4.69) is 15.0 Å². The number of aromatic nitrogens is 3. The second-order valence-corrected chi connectivity index (χ2v) is 9.77. The van der Waals surface area contributed by atoms with Crippen LogP contribution in [0.25, 0.3) is 10.9 Å². The summed E-state index contributed by atoms with van der Waals surface area (Å²) in [5.74, 6) is -0.418. The summed E-state index contributed by atoms with van der Waals surface area (Å²) in [6, 6.07) is -0.414. The highest BCUT2D eigenvalue weighted by molar-refractivity contribution is 6.30. The lowest BCUT2D eigenvalue weighted by Crippen LogP contribution is -2.43. The molecule has 7 nitrogen and oxygen atoms in total. The molecule has 5 atom stereocenters. The molecule has 0 spiro atoms. The van der Waals surface area contributed by atoms with Crippen molar-refractivity contribution in [1.29, 1.82) is 0 Å². The van der Waals surface area contributed by atoms with Crippen LogP contribution in [0.15, 0.2) is 6.20 Å². The maximum Gasteiger partial charge on any atom is 0.319 e. The van der Waals surface area contributed by atoms with E-state index < -0.39 is 24.1 Å². The first-order valence-corrected chi connectivity index (χ1v) is 11.6. The lowest BCUT2D eigenvalue weighted by Gasteiger charge is -2.31. The van der Waals surface area contributed by atoms with Crippen molar-refractivity contribution in [2.75, 3.05) is 44.3 Å². The van der Waals surface area contributed by atoms with Crippen LogP contribution in [0.3, 0.4) is 0 Å².